The van der Waals surface area contributed by atoms with Crippen molar-refractivity contribution in [2.24, 2.45) is 17.8 Å². The molecule has 3 fully saturated rings. The summed E-state index contributed by atoms with van der Waals surface area (Å²) in [5.74, 6) is 3.11. The average Bonchev–Trinajstić information content (AvgIpc) is 2.69. The van der Waals surface area contributed by atoms with Crippen molar-refractivity contribution in [3.8, 4) is 0 Å². The molecule has 0 aromatic heterocycles. The molecule has 0 spiro atoms. The SMILES string of the molecule is CC(NC1CC2CC2C1)C1CCNC1. The fourth-order valence-corrected chi connectivity index (χ4v) is 3.46. The maximum atomic E-state index is 3.84. The summed E-state index contributed by atoms with van der Waals surface area (Å²) in [6.45, 7) is 4.84. The van der Waals surface area contributed by atoms with E-state index in [9.17, 15) is 0 Å². The van der Waals surface area contributed by atoms with Gasteiger partial charge in [0.25, 0.3) is 0 Å². The van der Waals surface area contributed by atoms with Gasteiger partial charge in [0, 0.05) is 12.1 Å². The maximum Gasteiger partial charge on any atom is 0.00821 e. The van der Waals surface area contributed by atoms with Gasteiger partial charge in [0.05, 0.1) is 0 Å². The van der Waals surface area contributed by atoms with Gasteiger partial charge in [0.2, 0.25) is 0 Å². The van der Waals surface area contributed by atoms with Crippen LogP contribution >= 0.6 is 0 Å². The molecule has 0 amide bonds. The second-order valence-corrected chi connectivity index (χ2v) is 5.63. The van der Waals surface area contributed by atoms with Crippen molar-refractivity contribution in [1.29, 1.82) is 0 Å². The molecule has 2 heteroatoms. The molecule has 1 saturated heterocycles. The Morgan fingerprint density at radius 2 is 2.00 bits per heavy atom. The van der Waals surface area contributed by atoms with Crippen LogP contribution in [0.4, 0.5) is 0 Å². The summed E-state index contributed by atoms with van der Waals surface area (Å²) in [5.41, 5.74) is 0. The monoisotopic (exact) mass is 194 g/mol. The van der Waals surface area contributed by atoms with Crippen molar-refractivity contribution >= 4 is 0 Å². The predicted octanol–water partition coefficient (Wildman–Crippen LogP) is 1.37. The van der Waals surface area contributed by atoms with Crippen molar-refractivity contribution in [2.75, 3.05) is 13.1 Å². The van der Waals surface area contributed by atoms with Crippen LogP contribution in [0, 0.1) is 17.8 Å². The van der Waals surface area contributed by atoms with Gasteiger partial charge in [-0.3, -0.25) is 0 Å². The Morgan fingerprint density at radius 1 is 1.21 bits per heavy atom. The number of hydrogen-bond acceptors (Lipinski definition) is 2. The highest BCUT2D eigenvalue weighted by atomic mass is 15.0. The molecule has 4 atom stereocenters. The first-order chi connectivity index (χ1) is 6.83. The Balaban J connectivity index is 1.46. The zero-order valence-electron chi connectivity index (χ0n) is 9.13. The van der Waals surface area contributed by atoms with E-state index in [1.165, 1.54) is 38.8 Å². The minimum atomic E-state index is 0.729. The fourth-order valence-electron chi connectivity index (χ4n) is 3.46. The van der Waals surface area contributed by atoms with Crippen LogP contribution in [0.1, 0.15) is 32.6 Å². The molecule has 1 aliphatic heterocycles. The average molecular weight is 194 g/mol. The van der Waals surface area contributed by atoms with Gasteiger partial charge in [-0.25, -0.2) is 0 Å². The number of fused-ring (bicyclic) bond motifs is 1. The summed E-state index contributed by atoms with van der Waals surface area (Å²) >= 11 is 0. The molecule has 0 aromatic rings. The van der Waals surface area contributed by atoms with E-state index in [2.05, 4.69) is 17.6 Å². The Hall–Kier alpha value is -0.0800. The minimum Gasteiger partial charge on any atom is -0.316 e. The molecule has 14 heavy (non-hydrogen) atoms. The highest BCUT2D eigenvalue weighted by molar-refractivity contribution is 4.99. The van der Waals surface area contributed by atoms with E-state index in [1.807, 2.05) is 0 Å². The van der Waals surface area contributed by atoms with E-state index < -0.39 is 0 Å². The Bertz CT molecular complexity index is 200. The lowest BCUT2D eigenvalue weighted by atomic mass is 9.99. The van der Waals surface area contributed by atoms with E-state index in [-0.39, 0.29) is 0 Å². The van der Waals surface area contributed by atoms with E-state index in [0.717, 1.165) is 29.8 Å². The topological polar surface area (TPSA) is 24.1 Å². The standard InChI is InChI=1S/C12H22N2/c1-8(9-2-3-13-7-9)14-12-5-10-4-11(10)6-12/h8-14H,2-7H2,1H3. The Kier molecular flexibility index (Phi) is 2.29. The van der Waals surface area contributed by atoms with Crippen LogP contribution in [-0.4, -0.2) is 25.2 Å². The molecule has 0 bridgehead atoms. The largest absolute Gasteiger partial charge is 0.316 e. The molecule has 80 valence electrons. The smallest absolute Gasteiger partial charge is 0.00821 e. The highest BCUT2D eigenvalue weighted by Crippen LogP contribution is 2.51. The lowest BCUT2D eigenvalue weighted by Crippen LogP contribution is -2.41. The highest BCUT2D eigenvalue weighted by Gasteiger charge is 2.46. The van der Waals surface area contributed by atoms with Gasteiger partial charge in [-0.05, 0) is 63.5 Å². The first kappa shape index (κ1) is 9.17. The predicted molar refractivity (Wildman–Crippen MR) is 58.2 cm³/mol. The van der Waals surface area contributed by atoms with Crippen LogP contribution in [0.15, 0.2) is 0 Å². The van der Waals surface area contributed by atoms with Crippen LogP contribution < -0.4 is 10.6 Å². The van der Waals surface area contributed by atoms with Crippen LogP contribution in [0.2, 0.25) is 0 Å². The van der Waals surface area contributed by atoms with Gasteiger partial charge in [0.1, 0.15) is 0 Å². The normalized spacial score (nSPS) is 47.8. The third-order valence-electron chi connectivity index (χ3n) is 4.55. The van der Waals surface area contributed by atoms with E-state index in [0.29, 0.717) is 0 Å². The van der Waals surface area contributed by atoms with E-state index >= 15 is 0 Å². The number of nitrogens with one attached hydrogen (secondary N) is 2. The molecular weight excluding hydrogens is 172 g/mol. The molecular formula is C12H22N2. The molecule has 0 aromatic carbocycles. The van der Waals surface area contributed by atoms with Crippen molar-refractivity contribution in [2.45, 2.75) is 44.7 Å². The van der Waals surface area contributed by atoms with Crippen LogP contribution in [-0.2, 0) is 0 Å². The zero-order chi connectivity index (χ0) is 9.54. The zero-order valence-corrected chi connectivity index (χ0v) is 9.13. The van der Waals surface area contributed by atoms with Crippen LogP contribution in [0.3, 0.4) is 0 Å². The first-order valence-corrected chi connectivity index (χ1v) is 6.29. The lowest BCUT2D eigenvalue weighted by molar-refractivity contribution is 0.343. The molecule has 2 aliphatic carbocycles. The van der Waals surface area contributed by atoms with Gasteiger partial charge < -0.3 is 10.6 Å². The number of rotatable bonds is 3. The summed E-state index contributed by atoms with van der Waals surface area (Å²) in [6.07, 6.45) is 5.84. The summed E-state index contributed by atoms with van der Waals surface area (Å²) in [5, 5.41) is 7.30. The Labute approximate surface area is 86.8 Å². The second kappa shape index (κ2) is 3.49. The maximum absolute atomic E-state index is 3.84. The molecule has 3 aliphatic rings. The van der Waals surface area contributed by atoms with E-state index in [4.69, 9.17) is 0 Å². The first-order valence-electron chi connectivity index (χ1n) is 6.29. The third kappa shape index (κ3) is 1.70. The molecule has 0 radical (unpaired) electrons. The van der Waals surface area contributed by atoms with Crippen molar-refractivity contribution in [3.05, 3.63) is 0 Å². The lowest BCUT2D eigenvalue weighted by Gasteiger charge is -2.25. The molecule has 2 saturated carbocycles. The summed E-state index contributed by atoms with van der Waals surface area (Å²) in [6, 6.07) is 1.59. The fraction of sp³-hybridized carbons (Fsp3) is 1.00. The molecule has 2 nitrogen and oxygen atoms in total. The van der Waals surface area contributed by atoms with E-state index in [1.54, 1.807) is 0 Å². The van der Waals surface area contributed by atoms with Gasteiger partial charge >= 0.3 is 0 Å². The number of hydrogen-bond donors (Lipinski definition) is 2. The molecule has 4 unspecified atom stereocenters. The summed E-state index contributed by atoms with van der Waals surface area (Å²) in [7, 11) is 0. The van der Waals surface area contributed by atoms with Gasteiger partial charge in [0.15, 0.2) is 0 Å². The van der Waals surface area contributed by atoms with Crippen molar-refractivity contribution < 1.29 is 0 Å². The quantitative estimate of drug-likeness (QED) is 0.709. The van der Waals surface area contributed by atoms with Gasteiger partial charge in [-0.15, -0.1) is 0 Å². The van der Waals surface area contributed by atoms with Crippen LogP contribution in [0.5, 0.6) is 0 Å². The molecule has 2 N–H and O–H groups in total. The van der Waals surface area contributed by atoms with Gasteiger partial charge in [-0.2, -0.15) is 0 Å². The summed E-state index contributed by atoms with van der Waals surface area (Å²) in [4.78, 5) is 0. The second-order valence-electron chi connectivity index (χ2n) is 5.63. The van der Waals surface area contributed by atoms with Crippen molar-refractivity contribution in [3.63, 3.8) is 0 Å². The van der Waals surface area contributed by atoms with Gasteiger partial charge in [-0.1, -0.05) is 0 Å². The van der Waals surface area contributed by atoms with Crippen LogP contribution in [0.25, 0.3) is 0 Å². The summed E-state index contributed by atoms with van der Waals surface area (Å²) < 4.78 is 0. The molecule has 1 heterocycles. The molecule has 3 rings (SSSR count). The Morgan fingerprint density at radius 3 is 2.64 bits per heavy atom. The van der Waals surface area contributed by atoms with Crippen molar-refractivity contribution in [1.82, 2.24) is 10.6 Å². The third-order valence-corrected chi connectivity index (χ3v) is 4.55. The minimum absolute atomic E-state index is 0.729.